The van der Waals surface area contributed by atoms with Gasteiger partial charge < -0.3 is 9.80 Å². The van der Waals surface area contributed by atoms with Gasteiger partial charge in [0.2, 0.25) is 11.8 Å². The Morgan fingerprint density at radius 1 is 1.00 bits per heavy atom. The summed E-state index contributed by atoms with van der Waals surface area (Å²) in [6, 6.07) is 10.9. The predicted molar refractivity (Wildman–Crippen MR) is 122 cm³/mol. The molecule has 2 aliphatic rings. The number of rotatable bonds is 4. The van der Waals surface area contributed by atoms with Crippen molar-refractivity contribution >= 4 is 11.8 Å². The van der Waals surface area contributed by atoms with Crippen LogP contribution in [0, 0.1) is 18.7 Å². The van der Waals surface area contributed by atoms with Gasteiger partial charge in [-0.15, -0.1) is 0 Å². The second-order valence-corrected chi connectivity index (χ2v) is 9.25. The highest BCUT2D eigenvalue weighted by Crippen LogP contribution is 2.29. The van der Waals surface area contributed by atoms with E-state index in [1.165, 1.54) is 17.7 Å². The zero-order valence-corrected chi connectivity index (χ0v) is 19.0. The Morgan fingerprint density at radius 2 is 1.72 bits per heavy atom. The molecule has 2 amide bonds. The van der Waals surface area contributed by atoms with Crippen LogP contribution in [0.5, 0.6) is 0 Å². The number of halogens is 1. The molecule has 1 aromatic carbocycles. The van der Waals surface area contributed by atoms with Gasteiger partial charge in [-0.25, -0.2) is 4.39 Å². The standard InChI is InChI=1S/C26H32FN3O2/c1-18-14-21(15-20-5-7-24(27)8-6-20)16-25(28-18)23-4-3-11-30(17-23)26(32)22-9-12-29(13-10-22)19(2)31/h5-8,14,16,22-23H,3-4,9-13,15,17H2,1-2H3/t23-/m1/s1. The van der Waals surface area contributed by atoms with Crippen LogP contribution in [0.25, 0.3) is 0 Å². The lowest BCUT2D eigenvalue weighted by molar-refractivity contribution is -0.141. The summed E-state index contributed by atoms with van der Waals surface area (Å²) in [7, 11) is 0. The van der Waals surface area contributed by atoms with E-state index in [9.17, 15) is 14.0 Å². The highest BCUT2D eigenvalue weighted by atomic mass is 19.1. The Labute approximate surface area is 189 Å². The van der Waals surface area contributed by atoms with E-state index in [1.54, 1.807) is 6.92 Å². The Bertz CT molecular complexity index is 968. The van der Waals surface area contributed by atoms with Crippen molar-refractivity contribution < 1.29 is 14.0 Å². The summed E-state index contributed by atoms with van der Waals surface area (Å²) >= 11 is 0. The third kappa shape index (κ3) is 5.34. The molecule has 0 radical (unpaired) electrons. The molecular weight excluding hydrogens is 405 g/mol. The minimum Gasteiger partial charge on any atom is -0.343 e. The smallest absolute Gasteiger partial charge is 0.225 e. The van der Waals surface area contributed by atoms with Crippen molar-refractivity contribution in [2.45, 2.75) is 51.9 Å². The number of aromatic nitrogens is 1. The second-order valence-electron chi connectivity index (χ2n) is 9.25. The van der Waals surface area contributed by atoms with E-state index in [4.69, 9.17) is 4.98 Å². The van der Waals surface area contributed by atoms with Crippen LogP contribution in [0.3, 0.4) is 0 Å². The highest BCUT2D eigenvalue weighted by molar-refractivity contribution is 5.80. The summed E-state index contributed by atoms with van der Waals surface area (Å²) in [4.78, 5) is 33.4. The van der Waals surface area contributed by atoms with E-state index >= 15 is 0 Å². The van der Waals surface area contributed by atoms with Gasteiger partial charge in [0.15, 0.2) is 0 Å². The van der Waals surface area contributed by atoms with E-state index in [0.29, 0.717) is 19.6 Å². The average molecular weight is 438 g/mol. The van der Waals surface area contributed by atoms with Gasteiger partial charge in [-0.3, -0.25) is 14.6 Å². The van der Waals surface area contributed by atoms with Crippen LogP contribution in [0.2, 0.25) is 0 Å². The predicted octanol–water partition coefficient (Wildman–Crippen LogP) is 4.08. The van der Waals surface area contributed by atoms with Crippen LogP contribution >= 0.6 is 0 Å². The van der Waals surface area contributed by atoms with Crippen LogP contribution in [-0.2, 0) is 16.0 Å². The van der Waals surface area contributed by atoms with Crippen LogP contribution in [0.15, 0.2) is 36.4 Å². The number of amides is 2. The first-order chi connectivity index (χ1) is 15.4. The molecule has 2 fully saturated rings. The Hall–Kier alpha value is -2.76. The first-order valence-corrected chi connectivity index (χ1v) is 11.7. The topological polar surface area (TPSA) is 53.5 Å². The summed E-state index contributed by atoms with van der Waals surface area (Å²) in [6.45, 7) is 6.46. The van der Waals surface area contributed by atoms with Crippen LogP contribution in [0.1, 0.15) is 61.0 Å². The molecule has 0 saturated carbocycles. The molecule has 170 valence electrons. The highest BCUT2D eigenvalue weighted by Gasteiger charge is 2.32. The molecule has 2 saturated heterocycles. The number of hydrogen-bond acceptors (Lipinski definition) is 3. The maximum atomic E-state index is 13.2. The average Bonchev–Trinajstić information content (AvgIpc) is 2.80. The SMILES string of the molecule is CC(=O)N1CCC(C(=O)N2CCC[C@@H](c3cc(Cc4ccc(F)cc4)cc(C)n3)C2)CC1. The molecule has 0 N–H and O–H groups in total. The number of pyridine rings is 1. The molecule has 4 rings (SSSR count). The first-order valence-electron chi connectivity index (χ1n) is 11.7. The molecule has 0 spiro atoms. The summed E-state index contributed by atoms with van der Waals surface area (Å²) < 4.78 is 13.2. The molecule has 5 nitrogen and oxygen atoms in total. The molecule has 3 heterocycles. The molecule has 32 heavy (non-hydrogen) atoms. The van der Waals surface area contributed by atoms with Crippen molar-refractivity contribution in [3.8, 4) is 0 Å². The molecule has 0 unspecified atom stereocenters. The fraction of sp³-hybridized carbons (Fsp3) is 0.500. The number of hydrogen-bond donors (Lipinski definition) is 0. The van der Waals surface area contributed by atoms with E-state index in [2.05, 4.69) is 12.1 Å². The molecule has 2 aromatic rings. The zero-order chi connectivity index (χ0) is 22.7. The van der Waals surface area contributed by atoms with Gasteiger partial charge >= 0.3 is 0 Å². The van der Waals surface area contributed by atoms with E-state index in [0.717, 1.165) is 55.6 Å². The number of carbonyl (C=O) groups excluding carboxylic acids is 2. The maximum Gasteiger partial charge on any atom is 0.225 e. The normalized spacial score (nSPS) is 19.8. The fourth-order valence-electron chi connectivity index (χ4n) is 5.04. The van der Waals surface area contributed by atoms with E-state index in [-0.39, 0.29) is 29.5 Å². The number of likely N-dealkylation sites (tertiary alicyclic amines) is 2. The number of piperidine rings is 2. The van der Waals surface area contributed by atoms with Crippen molar-refractivity contribution in [1.82, 2.24) is 14.8 Å². The van der Waals surface area contributed by atoms with Gasteiger partial charge in [0, 0.05) is 56.3 Å². The first kappa shape index (κ1) is 22.4. The lowest BCUT2D eigenvalue weighted by Gasteiger charge is -2.37. The summed E-state index contributed by atoms with van der Waals surface area (Å²) in [5.41, 5.74) is 4.25. The van der Waals surface area contributed by atoms with Gasteiger partial charge in [-0.1, -0.05) is 12.1 Å². The summed E-state index contributed by atoms with van der Waals surface area (Å²) in [5, 5.41) is 0. The van der Waals surface area contributed by atoms with E-state index < -0.39 is 0 Å². The lowest BCUT2D eigenvalue weighted by Crippen LogP contribution is -2.46. The molecule has 0 aliphatic carbocycles. The van der Waals surface area contributed by atoms with Gasteiger partial charge in [-0.05, 0) is 74.4 Å². The summed E-state index contributed by atoms with van der Waals surface area (Å²) in [5.74, 6) is 0.355. The third-order valence-electron chi connectivity index (χ3n) is 6.80. The number of nitrogens with zero attached hydrogens (tertiary/aromatic N) is 3. The Kier molecular flexibility index (Phi) is 6.87. The molecular formula is C26H32FN3O2. The second kappa shape index (κ2) is 9.80. The van der Waals surface area contributed by atoms with Crippen molar-refractivity contribution in [1.29, 1.82) is 0 Å². The largest absolute Gasteiger partial charge is 0.343 e. The Morgan fingerprint density at radius 3 is 2.41 bits per heavy atom. The van der Waals surface area contributed by atoms with Crippen molar-refractivity contribution in [3.05, 3.63) is 64.7 Å². The van der Waals surface area contributed by atoms with Gasteiger partial charge in [0.05, 0.1) is 0 Å². The molecule has 1 aromatic heterocycles. The number of aryl methyl sites for hydroxylation is 1. The zero-order valence-electron chi connectivity index (χ0n) is 19.0. The minimum atomic E-state index is -0.223. The molecule has 1 atom stereocenters. The quantitative estimate of drug-likeness (QED) is 0.724. The van der Waals surface area contributed by atoms with Crippen LogP contribution in [-0.4, -0.2) is 52.8 Å². The molecule has 6 heteroatoms. The minimum absolute atomic E-state index is 0.0175. The maximum absolute atomic E-state index is 13.2. The fourth-order valence-corrected chi connectivity index (χ4v) is 5.04. The van der Waals surface area contributed by atoms with Crippen molar-refractivity contribution in [2.75, 3.05) is 26.2 Å². The Balaban J connectivity index is 1.42. The number of carbonyl (C=O) groups is 2. The third-order valence-corrected chi connectivity index (χ3v) is 6.80. The molecule has 0 bridgehead atoms. The summed E-state index contributed by atoms with van der Waals surface area (Å²) in [6.07, 6.45) is 4.25. The van der Waals surface area contributed by atoms with Crippen molar-refractivity contribution in [3.63, 3.8) is 0 Å². The van der Waals surface area contributed by atoms with Gasteiger partial charge in [-0.2, -0.15) is 0 Å². The lowest BCUT2D eigenvalue weighted by atomic mass is 9.90. The van der Waals surface area contributed by atoms with E-state index in [1.807, 2.05) is 28.9 Å². The van der Waals surface area contributed by atoms with Crippen molar-refractivity contribution in [2.24, 2.45) is 5.92 Å². The molecule has 2 aliphatic heterocycles. The van der Waals surface area contributed by atoms with Gasteiger partial charge in [0.25, 0.3) is 0 Å². The number of benzene rings is 1. The van der Waals surface area contributed by atoms with Gasteiger partial charge in [0.1, 0.15) is 5.82 Å². The van der Waals surface area contributed by atoms with Crippen LogP contribution in [0.4, 0.5) is 4.39 Å². The monoisotopic (exact) mass is 437 g/mol. The van der Waals surface area contributed by atoms with Crippen LogP contribution < -0.4 is 0 Å².